The lowest BCUT2D eigenvalue weighted by atomic mass is 10.0. The molecule has 0 atom stereocenters. The first-order chi connectivity index (χ1) is 6.22. The Morgan fingerprint density at radius 2 is 1.85 bits per heavy atom. The minimum Gasteiger partial charge on any atom is -0.496 e. The average molecular weight is 178 g/mol. The van der Waals surface area contributed by atoms with Crippen LogP contribution in [0.2, 0.25) is 0 Å². The molecule has 0 aliphatic rings. The molecular formula is C12H18O. The van der Waals surface area contributed by atoms with Crippen molar-refractivity contribution in [2.75, 3.05) is 7.11 Å². The standard InChI is InChI=1S/C12H18O/c1-5-10-7-9(3)12(13-4)11(6-2)8-10/h7-8H,5-6H2,1-4H3. The Kier molecular flexibility index (Phi) is 3.35. The normalized spacial score (nSPS) is 10.2. The lowest BCUT2D eigenvalue weighted by Gasteiger charge is -2.11. The highest BCUT2D eigenvalue weighted by atomic mass is 16.5. The molecule has 0 N–H and O–H groups in total. The molecule has 0 aliphatic carbocycles. The zero-order valence-electron chi connectivity index (χ0n) is 8.98. The van der Waals surface area contributed by atoms with Crippen LogP contribution in [-0.2, 0) is 12.8 Å². The topological polar surface area (TPSA) is 9.23 Å². The fraction of sp³-hybridized carbons (Fsp3) is 0.500. The van der Waals surface area contributed by atoms with Crippen LogP contribution in [0.25, 0.3) is 0 Å². The van der Waals surface area contributed by atoms with Crippen LogP contribution in [0.15, 0.2) is 12.1 Å². The monoisotopic (exact) mass is 178 g/mol. The molecule has 1 heteroatoms. The zero-order chi connectivity index (χ0) is 9.84. The van der Waals surface area contributed by atoms with Crippen molar-refractivity contribution >= 4 is 0 Å². The Balaban J connectivity index is 3.20. The van der Waals surface area contributed by atoms with Crippen LogP contribution in [0.3, 0.4) is 0 Å². The maximum absolute atomic E-state index is 5.37. The molecule has 0 bridgehead atoms. The molecule has 0 spiro atoms. The second kappa shape index (κ2) is 4.31. The molecule has 1 nitrogen and oxygen atoms in total. The van der Waals surface area contributed by atoms with Gasteiger partial charge in [0, 0.05) is 0 Å². The van der Waals surface area contributed by atoms with Crippen LogP contribution in [0.4, 0.5) is 0 Å². The van der Waals surface area contributed by atoms with Gasteiger partial charge in [0.25, 0.3) is 0 Å². The molecule has 0 aliphatic heterocycles. The van der Waals surface area contributed by atoms with Gasteiger partial charge < -0.3 is 4.74 Å². The van der Waals surface area contributed by atoms with E-state index in [2.05, 4.69) is 32.9 Å². The van der Waals surface area contributed by atoms with Crippen LogP contribution in [-0.4, -0.2) is 7.11 Å². The Labute approximate surface area is 80.7 Å². The first kappa shape index (κ1) is 10.1. The highest BCUT2D eigenvalue weighted by molar-refractivity contribution is 5.44. The highest BCUT2D eigenvalue weighted by Gasteiger charge is 2.05. The first-order valence-electron chi connectivity index (χ1n) is 4.89. The molecule has 0 saturated carbocycles. The van der Waals surface area contributed by atoms with E-state index >= 15 is 0 Å². The number of methoxy groups -OCH3 is 1. The van der Waals surface area contributed by atoms with Crippen molar-refractivity contribution in [2.45, 2.75) is 33.6 Å². The summed E-state index contributed by atoms with van der Waals surface area (Å²) in [6, 6.07) is 4.45. The predicted octanol–water partition coefficient (Wildman–Crippen LogP) is 3.13. The molecule has 72 valence electrons. The summed E-state index contributed by atoms with van der Waals surface area (Å²) in [6.45, 7) is 6.45. The van der Waals surface area contributed by atoms with Crippen molar-refractivity contribution in [3.8, 4) is 5.75 Å². The number of benzene rings is 1. The second-order valence-electron chi connectivity index (χ2n) is 3.31. The lowest BCUT2D eigenvalue weighted by Crippen LogP contribution is -1.95. The van der Waals surface area contributed by atoms with Crippen molar-refractivity contribution < 1.29 is 4.74 Å². The van der Waals surface area contributed by atoms with E-state index in [1.807, 2.05) is 0 Å². The largest absolute Gasteiger partial charge is 0.496 e. The number of hydrogen-bond acceptors (Lipinski definition) is 1. The molecule has 0 heterocycles. The molecule has 0 unspecified atom stereocenters. The Bertz CT molecular complexity index is 289. The van der Waals surface area contributed by atoms with Crippen LogP contribution >= 0.6 is 0 Å². The van der Waals surface area contributed by atoms with E-state index < -0.39 is 0 Å². The van der Waals surface area contributed by atoms with E-state index in [0.29, 0.717) is 0 Å². The summed E-state index contributed by atoms with van der Waals surface area (Å²) < 4.78 is 5.37. The van der Waals surface area contributed by atoms with E-state index in [1.54, 1.807) is 7.11 Å². The Morgan fingerprint density at radius 1 is 1.15 bits per heavy atom. The number of aryl methyl sites for hydroxylation is 3. The maximum Gasteiger partial charge on any atom is 0.124 e. The van der Waals surface area contributed by atoms with Gasteiger partial charge in [0.05, 0.1) is 7.11 Å². The van der Waals surface area contributed by atoms with Gasteiger partial charge in [-0.25, -0.2) is 0 Å². The minimum absolute atomic E-state index is 1.04. The molecule has 1 rings (SSSR count). The van der Waals surface area contributed by atoms with Crippen molar-refractivity contribution in [1.82, 2.24) is 0 Å². The number of rotatable bonds is 3. The van der Waals surface area contributed by atoms with Gasteiger partial charge in [0.2, 0.25) is 0 Å². The second-order valence-corrected chi connectivity index (χ2v) is 3.31. The van der Waals surface area contributed by atoms with Gasteiger partial charge in [-0.05, 0) is 36.5 Å². The van der Waals surface area contributed by atoms with Crippen LogP contribution in [0, 0.1) is 6.92 Å². The molecule has 0 fully saturated rings. The van der Waals surface area contributed by atoms with E-state index in [9.17, 15) is 0 Å². The minimum atomic E-state index is 1.04. The van der Waals surface area contributed by atoms with E-state index in [0.717, 1.165) is 18.6 Å². The third kappa shape index (κ3) is 2.03. The van der Waals surface area contributed by atoms with Gasteiger partial charge in [-0.2, -0.15) is 0 Å². The SMILES string of the molecule is CCc1cc(C)c(OC)c(CC)c1. The third-order valence-electron chi connectivity index (χ3n) is 2.40. The summed E-state index contributed by atoms with van der Waals surface area (Å²) in [5.41, 5.74) is 3.97. The molecule has 0 aromatic heterocycles. The summed E-state index contributed by atoms with van der Waals surface area (Å²) in [5.74, 6) is 1.06. The van der Waals surface area contributed by atoms with Gasteiger partial charge in [-0.3, -0.25) is 0 Å². The average Bonchev–Trinajstić information content (AvgIpc) is 2.16. The first-order valence-corrected chi connectivity index (χ1v) is 4.89. The van der Waals surface area contributed by atoms with E-state index in [4.69, 9.17) is 4.74 Å². The zero-order valence-corrected chi connectivity index (χ0v) is 8.98. The van der Waals surface area contributed by atoms with E-state index in [1.165, 1.54) is 16.7 Å². The molecule has 13 heavy (non-hydrogen) atoms. The lowest BCUT2D eigenvalue weighted by molar-refractivity contribution is 0.407. The Hall–Kier alpha value is -0.980. The fourth-order valence-electron chi connectivity index (χ4n) is 1.69. The van der Waals surface area contributed by atoms with Crippen molar-refractivity contribution in [3.05, 3.63) is 28.8 Å². The number of ether oxygens (including phenoxy) is 1. The van der Waals surface area contributed by atoms with Crippen LogP contribution in [0.5, 0.6) is 5.75 Å². The van der Waals surface area contributed by atoms with Gasteiger partial charge >= 0.3 is 0 Å². The van der Waals surface area contributed by atoms with Crippen molar-refractivity contribution in [2.24, 2.45) is 0 Å². The Morgan fingerprint density at radius 3 is 2.31 bits per heavy atom. The summed E-state index contributed by atoms with van der Waals surface area (Å²) in [6.07, 6.45) is 2.13. The summed E-state index contributed by atoms with van der Waals surface area (Å²) in [5, 5.41) is 0. The van der Waals surface area contributed by atoms with Crippen LogP contribution in [0.1, 0.15) is 30.5 Å². The third-order valence-corrected chi connectivity index (χ3v) is 2.40. The van der Waals surface area contributed by atoms with Gasteiger partial charge in [-0.1, -0.05) is 26.0 Å². The summed E-state index contributed by atoms with van der Waals surface area (Å²) >= 11 is 0. The van der Waals surface area contributed by atoms with Crippen molar-refractivity contribution in [1.29, 1.82) is 0 Å². The number of hydrogen-bond donors (Lipinski definition) is 0. The molecule has 0 radical (unpaired) electrons. The highest BCUT2D eigenvalue weighted by Crippen LogP contribution is 2.25. The van der Waals surface area contributed by atoms with Crippen molar-refractivity contribution in [3.63, 3.8) is 0 Å². The van der Waals surface area contributed by atoms with E-state index in [-0.39, 0.29) is 0 Å². The van der Waals surface area contributed by atoms with Gasteiger partial charge in [0.15, 0.2) is 0 Å². The molecule has 0 amide bonds. The molecular weight excluding hydrogens is 160 g/mol. The molecule has 0 saturated heterocycles. The molecule has 1 aromatic rings. The molecule has 1 aromatic carbocycles. The summed E-state index contributed by atoms with van der Waals surface area (Å²) in [4.78, 5) is 0. The quantitative estimate of drug-likeness (QED) is 0.691. The van der Waals surface area contributed by atoms with Gasteiger partial charge in [0.1, 0.15) is 5.75 Å². The predicted molar refractivity (Wildman–Crippen MR) is 56.5 cm³/mol. The fourth-order valence-corrected chi connectivity index (χ4v) is 1.69. The summed E-state index contributed by atoms with van der Waals surface area (Å²) in [7, 11) is 1.74. The van der Waals surface area contributed by atoms with Crippen LogP contribution < -0.4 is 4.74 Å². The van der Waals surface area contributed by atoms with Gasteiger partial charge in [-0.15, -0.1) is 0 Å². The maximum atomic E-state index is 5.37. The smallest absolute Gasteiger partial charge is 0.124 e.